The lowest BCUT2D eigenvalue weighted by atomic mass is 9.78. The molecule has 0 aromatic heterocycles. The summed E-state index contributed by atoms with van der Waals surface area (Å²) in [5, 5.41) is 9.85. The summed E-state index contributed by atoms with van der Waals surface area (Å²) in [6.45, 7) is 4.56. The summed E-state index contributed by atoms with van der Waals surface area (Å²) in [6.07, 6.45) is 3.74. The molecule has 5 unspecified atom stereocenters. The molecule has 1 N–H and O–H groups in total. The summed E-state index contributed by atoms with van der Waals surface area (Å²) in [5.74, 6) is 3.13. The van der Waals surface area contributed by atoms with Crippen LogP contribution < -0.4 is 0 Å². The first-order chi connectivity index (χ1) is 6.18. The molecule has 5 atom stereocenters. The number of aliphatic hydroxyl groups is 1. The Balaban J connectivity index is 1.97. The molecule has 0 amide bonds. The van der Waals surface area contributed by atoms with Gasteiger partial charge in [0.05, 0.1) is 6.10 Å². The SMILES string of the molecule is CC1=C(C)C2C3CC(CC3O)C2C1. The summed E-state index contributed by atoms with van der Waals surface area (Å²) in [5.41, 5.74) is 3.22. The van der Waals surface area contributed by atoms with E-state index >= 15 is 0 Å². The molecule has 3 aliphatic carbocycles. The average molecular weight is 178 g/mol. The minimum Gasteiger partial charge on any atom is -0.393 e. The Bertz CT molecular complexity index is 279. The highest BCUT2D eigenvalue weighted by molar-refractivity contribution is 5.27. The first-order valence-electron chi connectivity index (χ1n) is 5.53. The molecule has 2 fully saturated rings. The highest BCUT2D eigenvalue weighted by Crippen LogP contribution is 2.60. The number of fused-ring (bicyclic) bond motifs is 5. The number of hydrogen-bond donors (Lipinski definition) is 1. The van der Waals surface area contributed by atoms with Crippen LogP contribution in [0.15, 0.2) is 11.1 Å². The van der Waals surface area contributed by atoms with Crippen LogP contribution in [-0.4, -0.2) is 11.2 Å². The molecule has 0 aromatic carbocycles. The van der Waals surface area contributed by atoms with Gasteiger partial charge >= 0.3 is 0 Å². The molecule has 0 spiro atoms. The normalized spacial score (nSPS) is 53.3. The number of aliphatic hydroxyl groups excluding tert-OH is 1. The van der Waals surface area contributed by atoms with Gasteiger partial charge in [-0.2, -0.15) is 0 Å². The van der Waals surface area contributed by atoms with E-state index in [9.17, 15) is 5.11 Å². The van der Waals surface area contributed by atoms with E-state index in [0.717, 1.165) is 24.2 Å². The highest BCUT2D eigenvalue weighted by atomic mass is 16.3. The zero-order valence-corrected chi connectivity index (χ0v) is 8.46. The standard InChI is InChI=1S/C12H18O/c1-6-3-9-8-4-10(11(13)5-8)12(9)7(6)2/h8-13H,3-5H2,1-2H3. The monoisotopic (exact) mass is 178 g/mol. The summed E-state index contributed by atoms with van der Waals surface area (Å²) >= 11 is 0. The summed E-state index contributed by atoms with van der Waals surface area (Å²) in [4.78, 5) is 0. The Hall–Kier alpha value is -0.300. The van der Waals surface area contributed by atoms with Gasteiger partial charge in [0.1, 0.15) is 0 Å². The molecular weight excluding hydrogens is 160 g/mol. The first-order valence-corrected chi connectivity index (χ1v) is 5.53. The third kappa shape index (κ3) is 0.864. The Morgan fingerprint density at radius 1 is 1.15 bits per heavy atom. The van der Waals surface area contributed by atoms with E-state index in [4.69, 9.17) is 0 Å². The van der Waals surface area contributed by atoms with Crippen LogP contribution in [0, 0.1) is 23.7 Å². The van der Waals surface area contributed by atoms with Crippen molar-refractivity contribution < 1.29 is 5.11 Å². The van der Waals surface area contributed by atoms with Crippen LogP contribution in [0.5, 0.6) is 0 Å². The predicted octanol–water partition coefficient (Wildman–Crippen LogP) is 2.36. The molecule has 0 heterocycles. The Labute approximate surface area is 79.8 Å². The quantitative estimate of drug-likeness (QED) is 0.565. The van der Waals surface area contributed by atoms with Gasteiger partial charge in [0.15, 0.2) is 0 Å². The third-order valence-corrected chi connectivity index (χ3v) is 4.86. The molecular formula is C12H18O. The van der Waals surface area contributed by atoms with Crippen LogP contribution in [0.2, 0.25) is 0 Å². The van der Waals surface area contributed by atoms with Crippen molar-refractivity contribution in [1.82, 2.24) is 0 Å². The van der Waals surface area contributed by atoms with Crippen molar-refractivity contribution in [2.45, 2.75) is 39.2 Å². The van der Waals surface area contributed by atoms with Crippen molar-refractivity contribution >= 4 is 0 Å². The minimum atomic E-state index is 0.0205. The smallest absolute Gasteiger partial charge is 0.0577 e. The molecule has 72 valence electrons. The highest BCUT2D eigenvalue weighted by Gasteiger charge is 2.54. The fourth-order valence-corrected chi connectivity index (χ4v) is 4.17. The Morgan fingerprint density at radius 3 is 2.69 bits per heavy atom. The van der Waals surface area contributed by atoms with Crippen molar-refractivity contribution in [1.29, 1.82) is 0 Å². The van der Waals surface area contributed by atoms with Crippen molar-refractivity contribution in [3.8, 4) is 0 Å². The maximum absolute atomic E-state index is 9.85. The predicted molar refractivity (Wildman–Crippen MR) is 52.2 cm³/mol. The summed E-state index contributed by atoms with van der Waals surface area (Å²) in [7, 11) is 0. The lowest BCUT2D eigenvalue weighted by molar-refractivity contribution is 0.0714. The summed E-state index contributed by atoms with van der Waals surface area (Å²) < 4.78 is 0. The van der Waals surface area contributed by atoms with E-state index in [1.807, 2.05) is 0 Å². The number of rotatable bonds is 0. The molecule has 2 bridgehead atoms. The van der Waals surface area contributed by atoms with Crippen molar-refractivity contribution in [3.63, 3.8) is 0 Å². The van der Waals surface area contributed by atoms with E-state index in [1.165, 1.54) is 12.8 Å². The van der Waals surface area contributed by atoms with Crippen LogP contribution in [0.4, 0.5) is 0 Å². The van der Waals surface area contributed by atoms with Gasteiger partial charge in [-0.1, -0.05) is 11.1 Å². The molecule has 0 radical (unpaired) electrons. The summed E-state index contributed by atoms with van der Waals surface area (Å²) in [6, 6.07) is 0. The second-order valence-electron chi connectivity index (χ2n) is 5.32. The van der Waals surface area contributed by atoms with Gasteiger partial charge in [-0.3, -0.25) is 0 Å². The molecule has 3 aliphatic rings. The Kier molecular flexibility index (Phi) is 1.48. The first kappa shape index (κ1) is 8.05. The van der Waals surface area contributed by atoms with E-state index < -0.39 is 0 Å². The molecule has 13 heavy (non-hydrogen) atoms. The maximum Gasteiger partial charge on any atom is 0.0577 e. The number of hydrogen-bond acceptors (Lipinski definition) is 1. The van der Waals surface area contributed by atoms with E-state index in [2.05, 4.69) is 13.8 Å². The fraction of sp³-hybridized carbons (Fsp3) is 0.833. The van der Waals surface area contributed by atoms with E-state index in [1.54, 1.807) is 11.1 Å². The van der Waals surface area contributed by atoms with Crippen LogP contribution in [0.25, 0.3) is 0 Å². The second-order valence-corrected chi connectivity index (χ2v) is 5.32. The zero-order valence-electron chi connectivity index (χ0n) is 8.46. The van der Waals surface area contributed by atoms with Crippen LogP contribution in [0.1, 0.15) is 33.1 Å². The van der Waals surface area contributed by atoms with Gasteiger partial charge in [-0.05, 0) is 56.8 Å². The topological polar surface area (TPSA) is 20.2 Å². The largest absolute Gasteiger partial charge is 0.393 e. The molecule has 3 rings (SSSR count). The minimum absolute atomic E-state index is 0.0205. The van der Waals surface area contributed by atoms with E-state index in [0.29, 0.717) is 5.92 Å². The molecule has 0 aromatic rings. The zero-order chi connectivity index (χ0) is 9.16. The lowest BCUT2D eigenvalue weighted by Gasteiger charge is -2.29. The van der Waals surface area contributed by atoms with Gasteiger partial charge < -0.3 is 5.11 Å². The van der Waals surface area contributed by atoms with Gasteiger partial charge in [0.25, 0.3) is 0 Å². The molecule has 1 nitrogen and oxygen atoms in total. The van der Waals surface area contributed by atoms with Crippen molar-refractivity contribution in [3.05, 3.63) is 11.1 Å². The van der Waals surface area contributed by atoms with Gasteiger partial charge in [0.2, 0.25) is 0 Å². The average Bonchev–Trinajstić information content (AvgIpc) is 2.66. The molecule has 2 saturated carbocycles. The van der Waals surface area contributed by atoms with Crippen molar-refractivity contribution in [2.24, 2.45) is 23.7 Å². The second kappa shape index (κ2) is 2.38. The van der Waals surface area contributed by atoms with E-state index in [-0.39, 0.29) is 6.10 Å². The molecule has 0 aliphatic heterocycles. The Morgan fingerprint density at radius 2 is 1.92 bits per heavy atom. The van der Waals surface area contributed by atoms with Crippen LogP contribution in [-0.2, 0) is 0 Å². The van der Waals surface area contributed by atoms with Crippen LogP contribution >= 0.6 is 0 Å². The maximum atomic E-state index is 9.85. The molecule has 1 heteroatoms. The molecule has 0 saturated heterocycles. The number of allylic oxidation sites excluding steroid dienone is 2. The fourth-order valence-electron chi connectivity index (χ4n) is 4.17. The van der Waals surface area contributed by atoms with Gasteiger partial charge in [0, 0.05) is 0 Å². The van der Waals surface area contributed by atoms with Crippen LogP contribution in [0.3, 0.4) is 0 Å². The van der Waals surface area contributed by atoms with Gasteiger partial charge in [-0.25, -0.2) is 0 Å². The van der Waals surface area contributed by atoms with Gasteiger partial charge in [-0.15, -0.1) is 0 Å². The van der Waals surface area contributed by atoms with Crippen molar-refractivity contribution in [2.75, 3.05) is 0 Å². The third-order valence-electron chi connectivity index (χ3n) is 4.86. The lowest BCUT2D eigenvalue weighted by Crippen LogP contribution is -2.29.